The number of hydrogen-bond acceptors (Lipinski definition) is 3. The SMILES string of the molecule is CCN(CC)CC1CCN(C(=NC)NCC(OC)c2ccc(F)cc2)C1.I. The van der Waals surface area contributed by atoms with Gasteiger partial charge in [-0.05, 0) is 43.1 Å². The summed E-state index contributed by atoms with van der Waals surface area (Å²) in [6, 6.07) is 6.47. The summed E-state index contributed by atoms with van der Waals surface area (Å²) in [5.41, 5.74) is 0.956. The smallest absolute Gasteiger partial charge is 0.193 e. The third-order valence-electron chi connectivity index (χ3n) is 5.18. The molecule has 1 aliphatic heterocycles. The van der Waals surface area contributed by atoms with Gasteiger partial charge in [-0.3, -0.25) is 4.99 Å². The molecule has 1 fully saturated rings. The molecule has 1 aromatic carbocycles. The lowest BCUT2D eigenvalue weighted by atomic mass is 10.1. The first-order chi connectivity index (χ1) is 12.6. The Balaban J connectivity index is 0.00000364. The quantitative estimate of drug-likeness (QED) is 0.343. The highest BCUT2D eigenvalue weighted by molar-refractivity contribution is 14.0. The Morgan fingerprint density at radius 2 is 2.00 bits per heavy atom. The zero-order valence-corrected chi connectivity index (χ0v) is 19.3. The van der Waals surface area contributed by atoms with E-state index >= 15 is 0 Å². The minimum atomic E-state index is -0.233. The Kier molecular flexibility index (Phi) is 11.2. The summed E-state index contributed by atoms with van der Waals surface area (Å²) in [6.45, 7) is 10.5. The molecule has 1 aliphatic rings. The lowest BCUT2D eigenvalue weighted by Gasteiger charge is -2.25. The van der Waals surface area contributed by atoms with Gasteiger partial charge < -0.3 is 19.9 Å². The van der Waals surface area contributed by atoms with Crippen molar-refractivity contribution < 1.29 is 9.13 Å². The van der Waals surface area contributed by atoms with Gasteiger partial charge in [0, 0.05) is 40.3 Å². The molecule has 1 aromatic rings. The van der Waals surface area contributed by atoms with E-state index in [4.69, 9.17) is 4.74 Å². The Labute approximate surface area is 180 Å². The van der Waals surface area contributed by atoms with Crippen molar-refractivity contribution in [3.8, 4) is 0 Å². The van der Waals surface area contributed by atoms with Crippen LogP contribution in [-0.4, -0.2) is 69.2 Å². The predicted octanol–water partition coefficient (Wildman–Crippen LogP) is 3.37. The molecule has 0 aliphatic carbocycles. The molecule has 2 atom stereocenters. The van der Waals surface area contributed by atoms with Crippen LogP contribution >= 0.6 is 24.0 Å². The normalized spacial score (nSPS) is 18.5. The van der Waals surface area contributed by atoms with Crippen LogP contribution < -0.4 is 5.32 Å². The highest BCUT2D eigenvalue weighted by Crippen LogP contribution is 2.19. The molecule has 0 aromatic heterocycles. The van der Waals surface area contributed by atoms with E-state index in [9.17, 15) is 4.39 Å². The van der Waals surface area contributed by atoms with Gasteiger partial charge in [-0.15, -0.1) is 24.0 Å². The third kappa shape index (κ3) is 7.19. The second kappa shape index (κ2) is 12.5. The molecular weight excluding hydrogens is 458 g/mol. The van der Waals surface area contributed by atoms with Crippen molar-refractivity contribution in [3.05, 3.63) is 35.6 Å². The van der Waals surface area contributed by atoms with Gasteiger partial charge in [0.1, 0.15) is 5.82 Å². The first-order valence-corrected chi connectivity index (χ1v) is 9.57. The van der Waals surface area contributed by atoms with Crippen LogP contribution in [0.2, 0.25) is 0 Å². The van der Waals surface area contributed by atoms with Crippen molar-refractivity contribution in [1.29, 1.82) is 0 Å². The number of methoxy groups -OCH3 is 1. The van der Waals surface area contributed by atoms with Crippen LogP contribution in [0.25, 0.3) is 0 Å². The van der Waals surface area contributed by atoms with Crippen molar-refractivity contribution in [3.63, 3.8) is 0 Å². The van der Waals surface area contributed by atoms with Gasteiger partial charge in [0.15, 0.2) is 5.96 Å². The van der Waals surface area contributed by atoms with Crippen molar-refractivity contribution >= 4 is 29.9 Å². The van der Waals surface area contributed by atoms with E-state index in [1.54, 1.807) is 19.2 Å². The molecule has 0 bridgehead atoms. The molecule has 1 N–H and O–H groups in total. The number of nitrogens with one attached hydrogen (secondary N) is 1. The van der Waals surface area contributed by atoms with E-state index in [0.29, 0.717) is 12.5 Å². The zero-order chi connectivity index (χ0) is 18.9. The maximum absolute atomic E-state index is 13.1. The Hall–Kier alpha value is -0.930. The summed E-state index contributed by atoms with van der Waals surface area (Å²) in [5, 5.41) is 3.42. The molecule has 7 heteroatoms. The predicted molar refractivity (Wildman–Crippen MR) is 120 cm³/mol. The Morgan fingerprint density at radius 1 is 1.33 bits per heavy atom. The van der Waals surface area contributed by atoms with E-state index in [-0.39, 0.29) is 35.9 Å². The lowest BCUT2D eigenvalue weighted by Crippen LogP contribution is -2.42. The molecule has 2 rings (SSSR count). The summed E-state index contributed by atoms with van der Waals surface area (Å²) in [5.74, 6) is 1.36. The zero-order valence-electron chi connectivity index (χ0n) is 16.9. The first kappa shape index (κ1) is 24.1. The Morgan fingerprint density at radius 3 is 2.56 bits per heavy atom. The van der Waals surface area contributed by atoms with Gasteiger partial charge in [-0.25, -0.2) is 4.39 Å². The number of benzene rings is 1. The van der Waals surface area contributed by atoms with Crippen LogP contribution in [0.4, 0.5) is 4.39 Å². The number of halogens is 2. The van der Waals surface area contributed by atoms with Gasteiger partial charge >= 0.3 is 0 Å². The molecule has 2 unspecified atom stereocenters. The van der Waals surface area contributed by atoms with Gasteiger partial charge in [-0.2, -0.15) is 0 Å². The maximum atomic E-state index is 13.1. The second-order valence-electron chi connectivity index (χ2n) is 6.79. The summed E-state index contributed by atoms with van der Waals surface area (Å²) < 4.78 is 18.7. The van der Waals surface area contributed by atoms with Crippen LogP contribution in [-0.2, 0) is 4.74 Å². The number of nitrogens with zero attached hydrogens (tertiary/aromatic N) is 3. The van der Waals surface area contributed by atoms with Crippen molar-refractivity contribution in [2.75, 3.05) is 53.4 Å². The van der Waals surface area contributed by atoms with Gasteiger partial charge in [0.2, 0.25) is 0 Å². The fraction of sp³-hybridized carbons (Fsp3) is 0.650. The Bertz CT molecular complexity index is 566. The first-order valence-electron chi connectivity index (χ1n) is 9.57. The topological polar surface area (TPSA) is 40.1 Å². The number of aliphatic imine (C=N–C) groups is 1. The van der Waals surface area contributed by atoms with Gasteiger partial charge in [0.05, 0.1) is 6.10 Å². The highest BCUT2D eigenvalue weighted by Gasteiger charge is 2.26. The van der Waals surface area contributed by atoms with Crippen LogP contribution in [0.15, 0.2) is 29.3 Å². The van der Waals surface area contributed by atoms with Crippen LogP contribution in [0, 0.1) is 11.7 Å². The monoisotopic (exact) mass is 492 g/mol. The fourth-order valence-corrected chi connectivity index (χ4v) is 3.55. The average Bonchev–Trinajstić information content (AvgIpc) is 3.12. The molecule has 0 saturated carbocycles. The largest absolute Gasteiger partial charge is 0.375 e. The van der Waals surface area contributed by atoms with Gasteiger partial charge in [0.25, 0.3) is 0 Å². The molecule has 154 valence electrons. The van der Waals surface area contributed by atoms with Gasteiger partial charge in [-0.1, -0.05) is 26.0 Å². The van der Waals surface area contributed by atoms with Crippen molar-refractivity contribution in [2.24, 2.45) is 10.9 Å². The molecule has 1 heterocycles. The van der Waals surface area contributed by atoms with Crippen LogP contribution in [0.3, 0.4) is 0 Å². The molecule has 1 saturated heterocycles. The summed E-state index contributed by atoms with van der Waals surface area (Å²) in [4.78, 5) is 9.25. The van der Waals surface area contributed by atoms with E-state index in [1.165, 1.54) is 18.6 Å². The maximum Gasteiger partial charge on any atom is 0.193 e. The third-order valence-corrected chi connectivity index (χ3v) is 5.18. The van der Waals surface area contributed by atoms with E-state index in [0.717, 1.165) is 44.2 Å². The molecule has 0 spiro atoms. The molecule has 0 amide bonds. The number of hydrogen-bond donors (Lipinski definition) is 1. The number of rotatable bonds is 8. The van der Waals surface area contributed by atoms with E-state index in [1.807, 2.05) is 7.05 Å². The second-order valence-corrected chi connectivity index (χ2v) is 6.79. The number of guanidine groups is 1. The average molecular weight is 492 g/mol. The van der Waals surface area contributed by atoms with Crippen LogP contribution in [0.1, 0.15) is 31.9 Å². The minimum Gasteiger partial charge on any atom is -0.375 e. The molecule has 5 nitrogen and oxygen atoms in total. The van der Waals surface area contributed by atoms with E-state index < -0.39 is 0 Å². The number of likely N-dealkylation sites (tertiary alicyclic amines) is 1. The lowest BCUT2D eigenvalue weighted by molar-refractivity contribution is 0.106. The van der Waals surface area contributed by atoms with Crippen molar-refractivity contribution in [1.82, 2.24) is 15.1 Å². The molecular formula is C20H34FIN4O. The fourth-order valence-electron chi connectivity index (χ4n) is 3.55. The summed E-state index contributed by atoms with van der Waals surface area (Å²) in [7, 11) is 3.49. The molecule has 0 radical (unpaired) electrons. The number of ether oxygens (including phenoxy) is 1. The summed E-state index contributed by atoms with van der Waals surface area (Å²) >= 11 is 0. The standard InChI is InChI=1S/C20H33FN4O.HI/c1-5-24(6-2)14-16-11-12-25(15-16)20(22-3)23-13-19(26-4)17-7-9-18(21)10-8-17;/h7-10,16,19H,5-6,11-15H2,1-4H3,(H,22,23);1H. The van der Waals surface area contributed by atoms with E-state index in [2.05, 4.69) is 34.0 Å². The molecule has 27 heavy (non-hydrogen) atoms. The van der Waals surface area contributed by atoms with Crippen molar-refractivity contribution in [2.45, 2.75) is 26.4 Å². The highest BCUT2D eigenvalue weighted by atomic mass is 127. The van der Waals surface area contributed by atoms with Crippen LogP contribution in [0.5, 0.6) is 0 Å². The summed E-state index contributed by atoms with van der Waals surface area (Å²) in [6.07, 6.45) is 1.06. The minimum absolute atomic E-state index is 0.